The van der Waals surface area contributed by atoms with Crippen molar-refractivity contribution < 1.29 is 27.4 Å². The molecule has 2 aromatic rings. The second-order valence-corrected chi connectivity index (χ2v) is 8.18. The highest BCUT2D eigenvalue weighted by Crippen LogP contribution is 2.60. The Balaban J connectivity index is 1.72. The summed E-state index contributed by atoms with van der Waals surface area (Å²) < 4.78 is 49.2. The number of halogens is 4. The number of allylic oxidation sites excluding steroid dienone is 2. The molecule has 0 aromatic heterocycles. The molecule has 0 aliphatic heterocycles. The molecule has 1 aliphatic carbocycles. The van der Waals surface area contributed by atoms with E-state index in [1.807, 2.05) is 24.3 Å². The number of carbonyl (C=O) groups excluding carboxylic acids is 1. The zero-order valence-electron chi connectivity index (χ0n) is 16.7. The van der Waals surface area contributed by atoms with Crippen molar-refractivity contribution in [3.05, 3.63) is 71.3 Å². The summed E-state index contributed by atoms with van der Waals surface area (Å²) in [7, 11) is 0. The average Bonchev–Trinajstić information content (AvgIpc) is 3.26. The number of hydrogen-bond acceptors (Lipinski definition) is 4. The van der Waals surface area contributed by atoms with Gasteiger partial charge in [0.15, 0.2) is 0 Å². The number of esters is 1. The maximum absolute atomic E-state index is 12.7. The van der Waals surface area contributed by atoms with Crippen LogP contribution in [0.3, 0.4) is 0 Å². The summed E-state index contributed by atoms with van der Waals surface area (Å²) in [6, 6.07) is 17.4. The number of alkyl halides is 3. The molecule has 0 N–H and O–H groups in total. The zero-order chi connectivity index (χ0) is 22.8. The van der Waals surface area contributed by atoms with Crippen LogP contribution >= 0.6 is 11.6 Å². The Kier molecular flexibility index (Phi) is 6.33. The molecule has 0 amide bonds. The van der Waals surface area contributed by atoms with Crippen LogP contribution in [-0.2, 0) is 9.53 Å². The van der Waals surface area contributed by atoms with Crippen LogP contribution < -0.4 is 4.74 Å². The van der Waals surface area contributed by atoms with Gasteiger partial charge in [0, 0.05) is 5.56 Å². The van der Waals surface area contributed by atoms with Crippen LogP contribution in [0.15, 0.2) is 65.7 Å². The third-order valence-electron chi connectivity index (χ3n) is 5.25. The molecule has 1 aliphatic rings. The molecule has 1 saturated carbocycles. The number of nitrogens with zero attached hydrogens (tertiary/aromatic N) is 1. The molecule has 4 nitrogen and oxygen atoms in total. The standard InChI is InChI=1S/C23H19ClF3NO3/c1-22(2)17(12-19(24)23(25,26)27)20(22)21(29)31-18(13-28)14-7-6-10-16(11-14)30-15-8-4-3-5-9-15/h3-12,17-18,20H,1-2H3/b19-12-/t17-,18?,20-/m1/s1. The molecular formula is C23H19ClF3NO3. The fourth-order valence-corrected chi connectivity index (χ4v) is 3.55. The Morgan fingerprint density at radius 2 is 1.81 bits per heavy atom. The van der Waals surface area contributed by atoms with Crippen LogP contribution in [0.5, 0.6) is 11.5 Å². The van der Waals surface area contributed by atoms with E-state index in [0.29, 0.717) is 17.1 Å². The van der Waals surface area contributed by atoms with E-state index >= 15 is 0 Å². The summed E-state index contributed by atoms with van der Waals surface area (Å²) >= 11 is 5.32. The van der Waals surface area contributed by atoms with Gasteiger partial charge in [0.2, 0.25) is 6.10 Å². The van der Waals surface area contributed by atoms with Crippen LogP contribution in [0.2, 0.25) is 0 Å². The minimum atomic E-state index is -4.68. The van der Waals surface area contributed by atoms with Crippen molar-refractivity contribution >= 4 is 17.6 Å². The van der Waals surface area contributed by atoms with Gasteiger partial charge in [-0.25, -0.2) is 0 Å². The first-order chi connectivity index (χ1) is 14.5. The molecule has 1 fully saturated rings. The van der Waals surface area contributed by atoms with Crippen LogP contribution in [-0.4, -0.2) is 12.1 Å². The van der Waals surface area contributed by atoms with Crippen molar-refractivity contribution in [3.63, 3.8) is 0 Å². The van der Waals surface area contributed by atoms with Crippen LogP contribution in [0, 0.1) is 28.6 Å². The topological polar surface area (TPSA) is 59.3 Å². The zero-order valence-corrected chi connectivity index (χ0v) is 17.4. The number of benzene rings is 2. The lowest BCUT2D eigenvalue weighted by molar-refractivity contribution is -0.149. The fourth-order valence-electron chi connectivity index (χ4n) is 3.42. The van der Waals surface area contributed by atoms with Gasteiger partial charge in [-0.05, 0) is 35.6 Å². The van der Waals surface area contributed by atoms with E-state index < -0.39 is 40.5 Å². The number of para-hydroxylation sites is 1. The van der Waals surface area contributed by atoms with Crippen molar-refractivity contribution in [2.45, 2.75) is 26.1 Å². The summed E-state index contributed by atoms with van der Waals surface area (Å²) in [6.07, 6.45) is -5.07. The second kappa shape index (κ2) is 8.64. The number of carbonyl (C=O) groups is 1. The Bertz CT molecular complexity index is 1030. The lowest BCUT2D eigenvalue weighted by Crippen LogP contribution is -2.14. The van der Waals surface area contributed by atoms with Crippen molar-refractivity contribution in [3.8, 4) is 17.6 Å². The summed E-state index contributed by atoms with van der Waals surface area (Å²) in [5.74, 6) is -1.27. The minimum absolute atomic E-state index is 0.392. The maximum Gasteiger partial charge on any atom is 0.426 e. The molecule has 31 heavy (non-hydrogen) atoms. The van der Waals surface area contributed by atoms with E-state index in [9.17, 15) is 23.2 Å². The molecule has 3 atom stereocenters. The summed E-state index contributed by atoms with van der Waals surface area (Å²) in [5, 5.41) is 8.23. The molecule has 3 rings (SSSR count). The molecule has 0 radical (unpaired) electrons. The smallest absolute Gasteiger partial charge is 0.426 e. The largest absolute Gasteiger partial charge is 0.457 e. The molecule has 1 unspecified atom stereocenters. The van der Waals surface area contributed by atoms with Crippen molar-refractivity contribution in [2.24, 2.45) is 17.3 Å². The van der Waals surface area contributed by atoms with Crippen LogP contribution in [0.25, 0.3) is 0 Å². The number of rotatable bonds is 6. The Morgan fingerprint density at radius 1 is 1.16 bits per heavy atom. The van der Waals surface area contributed by atoms with Gasteiger partial charge in [-0.1, -0.05) is 61.9 Å². The SMILES string of the molecule is CC1(C)[C@H](/C=C(\Cl)C(F)(F)F)[C@@H]1C(=O)OC(C#N)c1cccc(Oc2ccccc2)c1. The van der Waals surface area contributed by atoms with E-state index in [4.69, 9.17) is 21.1 Å². The van der Waals surface area contributed by atoms with E-state index in [2.05, 4.69) is 0 Å². The predicted octanol–water partition coefficient (Wildman–Crippen LogP) is 6.54. The van der Waals surface area contributed by atoms with Crippen LogP contribution in [0.1, 0.15) is 25.5 Å². The Morgan fingerprint density at radius 3 is 2.42 bits per heavy atom. The van der Waals surface area contributed by atoms with Gasteiger partial charge in [0.1, 0.15) is 22.6 Å². The van der Waals surface area contributed by atoms with Gasteiger partial charge in [-0.2, -0.15) is 18.4 Å². The monoisotopic (exact) mass is 449 g/mol. The van der Waals surface area contributed by atoms with Gasteiger partial charge in [0.25, 0.3) is 0 Å². The molecule has 162 valence electrons. The van der Waals surface area contributed by atoms with Gasteiger partial charge in [-0.3, -0.25) is 4.79 Å². The first-order valence-electron chi connectivity index (χ1n) is 9.41. The highest BCUT2D eigenvalue weighted by Gasteiger charge is 2.62. The maximum atomic E-state index is 12.7. The van der Waals surface area contributed by atoms with Gasteiger partial charge in [0.05, 0.1) is 5.92 Å². The summed E-state index contributed by atoms with van der Waals surface area (Å²) in [4.78, 5) is 12.6. The third kappa shape index (κ3) is 5.20. The highest BCUT2D eigenvalue weighted by atomic mass is 35.5. The van der Waals surface area contributed by atoms with Crippen LogP contribution in [0.4, 0.5) is 13.2 Å². The molecule has 8 heteroatoms. The van der Waals surface area contributed by atoms with Crippen molar-refractivity contribution in [1.29, 1.82) is 5.26 Å². The molecule has 0 saturated heterocycles. The van der Waals surface area contributed by atoms with Gasteiger partial charge < -0.3 is 9.47 Å². The number of nitriles is 1. The average molecular weight is 450 g/mol. The molecule has 0 heterocycles. The van der Waals surface area contributed by atoms with Crippen molar-refractivity contribution in [2.75, 3.05) is 0 Å². The lowest BCUT2D eigenvalue weighted by atomic mass is 10.1. The first kappa shape index (κ1) is 22.7. The van der Waals surface area contributed by atoms with Gasteiger partial charge >= 0.3 is 12.1 Å². The molecule has 0 bridgehead atoms. The fraction of sp³-hybridized carbons (Fsp3) is 0.304. The van der Waals surface area contributed by atoms with E-state index in [0.717, 1.165) is 6.08 Å². The second-order valence-electron chi connectivity index (χ2n) is 7.77. The Labute approximate surface area is 182 Å². The van der Waals surface area contributed by atoms with E-state index in [1.54, 1.807) is 50.2 Å². The summed E-state index contributed by atoms with van der Waals surface area (Å²) in [5.41, 5.74) is -0.371. The number of ether oxygens (including phenoxy) is 2. The van der Waals surface area contributed by atoms with E-state index in [1.165, 1.54) is 0 Å². The third-order valence-corrected chi connectivity index (χ3v) is 5.59. The minimum Gasteiger partial charge on any atom is -0.457 e. The number of hydrogen-bond donors (Lipinski definition) is 0. The summed E-state index contributed by atoms with van der Waals surface area (Å²) in [6.45, 7) is 3.30. The quantitative estimate of drug-likeness (QED) is 0.469. The molecule has 0 spiro atoms. The van der Waals surface area contributed by atoms with E-state index in [-0.39, 0.29) is 0 Å². The Hall–Kier alpha value is -2.98. The van der Waals surface area contributed by atoms with Gasteiger partial charge in [-0.15, -0.1) is 0 Å². The van der Waals surface area contributed by atoms with Crippen molar-refractivity contribution in [1.82, 2.24) is 0 Å². The lowest BCUT2D eigenvalue weighted by Gasteiger charge is -2.13. The highest BCUT2D eigenvalue weighted by molar-refractivity contribution is 6.30. The predicted molar refractivity (Wildman–Crippen MR) is 108 cm³/mol. The first-order valence-corrected chi connectivity index (χ1v) is 9.79. The molecule has 2 aromatic carbocycles. The molecular weight excluding hydrogens is 431 g/mol. The normalized spacial score (nSPS) is 21.0.